The highest BCUT2D eigenvalue weighted by molar-refractivity contribution is 5.26. The molecule has 0 aliphatic carbocycles. The van der Waals surface area contributed by atoms with Gasteiger partial charge in [-0.15, -0.1) is 0 Å². The van der Waals surface area contributed by atoms with Crippen molar-refractivity contribution in [2.75, 3.05) is 19.0 Å². The lowest BCUT2D eigenvalue weighted by Crippen LogP contribution is -2.31. The molecule has 0 amide bonds. The van der Waals surface area contributed by atoms with Crippen LogP contribution in [0.15, 0.2) is 12.3 Å². The Bertz CT molecular complexity index is 302. The number of aryl methyl sites for hydroxylation is 1. The van der Waals surface area contributed by atoms with E-state index in [9.17, 15) is 0 Å². The van der Waals surface area contributed by atoms with Gasteiger partial charge in [0, 0.05) is 19.0 Å². The molecule has 1 aromatic heterocycles. The third-order valence-corrected chi connectivity index (χ3v) is 2.26. The van der Waals surface area contributed by atoms with Crippen molar-refractivity contribution in [2.24, 2.45) is 5.92 Å². The van der Waals surface area contributed by atoms with Gasteiger partial charge in [-0.05, 0) is 18.9 Å². The van der Waals surface area contributed by atoms with E-state index in [1.807, 2.05) is 13.0 Å². The Hall–Kier alpha value is -1.16. The first-order valence-corrected chi connectivity index (χ1v) is 5.18. The number of hydrogen-bond donors (Lipinski definition) is 1. The van der Waals surface area contributed by atoms with Gasteiger partial charge in [-0.3, -0.25) is 0 Å². The summed E-state index contributed by atoms with van der Waals surface area (Å²) in [6, 6.07) is 2.13. The molecule has 1 aromatic rings. The second-order valence-corrected chi connectivity index (χ2v) is 3.97. The predicted molar refractivity (Wildman–Crippen MR) is 60.9 cm³/mol. The minimum Gasteiger partial charge on any atom is -0.383 e. The average molecular weight is 209 g/mol. The van der Waals surface area contributed by atoms with Gasteiger partial charge in [-0.1, -0.05) is 13.8 Å². The fourth-order valence-corrected chi connectivity index (χ4v) is 1.26. The van der Waals surface area contributed by atoms with Crippen LogP contribution < -0.4 is 5.32 Å². The van der Waals surface area contributed by atoms with Gasteiger partial charge in [-0.2, -0.15) is 0 Å². The Labute approximate surface area is 91.1 Å². The summed E-state index contributed by atoms with van der Waals surface area (Å²) in [4.78, 5) is 8.47. The highest BCUT2D eigenvalue weighted by Crippen LogP contribution is 2.08. The average Bonchev–Trinajstić information content (AvgIpc) is 2.17. The Kier molecular flexibility index (Phi) is 4.49. The van der Waals surface area contributed by atoms with Crippen LogP contribution in [0.3, 0.4) is 0 Å². The highest BCUT2D eigenvalue weighted by atomic mass is 16.5. The standard InChI is InChI=1S/C11H19N3O/c1-8(2)10(7-15-4)14-11-12-6-5-9(3)13-11/h5-6,8,10H,7H2,1-4H3,(H,12,13,14). The number of nitrogens with one attached hydrogen (secondary N) is 1. The number of rotatable bonds is 5. The molecule has 4 nitrogen and oxygen atoms in total. The lowest BCUT2D eigenvalue weighted by Gasteiger charge is -2.21. The van der Waals surface area contributed by atoms with Gasteiger partial charge < -0.3 is 10.1 Å². The first kappa shape index (κ1) is 11.9. The number of anilines is 1. The van der Waals surface area contributed by atoms with Crippen molar-refractivity contribution in [2.45, 2.75) is 26.8 Å². The Balaban J connectivity index is 2.65. The van der Waals surface area contributed by atoms with E-state index in [-0.39, 0.29) is 6.04 Å². The molecule has 15 heavy (non-hydrogen) atoms. The van der Waals surface area contributed by atoms with Crippen molar-refractivity contribution in [3.63, 3.8) is 0 Å². The van der Waals surface area contributed by atoms with Crippen molar-refractivity contribution in [3.05, 3.63) is 18.0 Å². The zero-order valence-electron chi connectivity index (χ0n) is 9.82. The molecule has 0 fully saturated rings. The quantitative estimate of drug-likeness (QED) is 0.804. The molecular formula is C11H19N3O. The number of nitrogens with zero attached hydrogens (tertiary/aromatic N) is 2. The molecule has 0 aromatic carbocycles. The van der Waals surface area contributed by atoms with E-state index < -0.39 is 0 Å². The van der Waals surface area contributed by atoms with Crippen LogP contribution in [-0.2, 0) is 4.74 Å². The fraction of sp³-hybridized carbons (Fsp3) is 0.636. The maximum atomic E-state index is 5.15. The van der Waals surface area contributed by atoms with Crippen molar-refractivity contribution < 1.29 is 4.74 Å². The van der Waals surface area contributed by atoms with Gasteiger partial charge >= 0.3 is 0 Å². The molecule has 0 saturated carbocycles. The molecule has 1 rings (SSSR count). The Morgan fingerprint density at radius 1 is 1.47 bits per heavy atom. The zero-order valence-corrected chi connectivity index (χ0v) is 9.82. The second kappa shape index (κ2) is 5.66. The molecule has 0 aliphatic rings. The number of aromatic nitrogens is 2. The predicted octanol–water partition coefficient (Wildman–Crippen LogP) is 1.87. The van der Waals surface area contributed by atoms with Gasteiger partial charge in [0.25, 0.3) is 0 Å². The van der Waals surface area contributed by atoms with E-state index in [1.165, 1.54) is 0 Å². The molecule has 1 atom stereocenters. The summed E-state index contributed by atoms with van der Waals surface area (Å²) < 4.78 is 5.15. The molecule has 1 unspecified atom stereocenters. The van der Waals surface area contributed by atoms with Crippen LogP contribution >= 0.6 is 0 Å². The van der Waals surface area contributed by atoms with Gasteiger partial charge in [0.1, 0.15) is 0 Å². The minimum absolute atomic E-state index is 0.247. The Morgan fingerprint density at radius 2 is 2.20 bits per heavy atom. The maximum Gasteiger partial charge on any atom is 0.223 e. The molecule has 1 heterocycles. The number of methoxy groups -OCH3 is 1. The first-order chi connectivity index (χ1) is 7.13. The van der Waals surface area contributed by atoms with Crippen LogP contribution in [0, 0.1) is 12.8 Å². The molecule has 0 saturated heterocycles. The van der Waals surface area contributed by atoms with Crippen molar-refractivity contribution in [1.29, 1.82) is 0 Å². The molecule has 0 radical (unpaired) electrons. The number of ether oxygens (including phenoxy) is 1. The summed E-state index contributed by atoms with van der Waals surface area (Å²) in [5.41, 5.74) is 0.965. The summed E-state index contributed by atoms with van der Waals surface area (Å²) in [5, 5.41) is 3.27. The second-order valence-electron chi connectivity index (χ2n) is 3.97. The normalized spacial score (nSPS) is 12.9. The molecule has 4 heteroatoms. The lowest BCUT2D eigenvalue weighted by molar-refractivity contribution is 0.171. The van der Waals surface area contributed by atoms with E-state index in [1.54, 1.807) is 13.3 Å². The highest BCUT2D eigenvalue weighted by Gasteiger charge is 2.13. The smallest absolute Gasteiger partial charge is 0.223 e. The first-order valence-electron chi connectivity index (χ1n) is 5.18. The van der Waals surface area contributed by atoms with Gasteiger partial charge in [0.2, 0.25) is 5.95 Å². The SMILES string of the molecule is COCC(Nc1nccc(C)n1)C(C)C. The Morgan fingerprint density at radius 3 is 2.73 bits per heavy atom. The van der Waals surface area contributed by atoms with E-state index in [0.717, 1.165) is 5.69 Å². The molecular weight excluding hydrogens is 190 g/mol. The molecule has 0 bridgehead atoms. The van der Waals surface area contributed by atoms with Crippen LogP contribution in [0.1, 0.15) is 19.5 Å². The van der Waals surface area contributed by atoms with Crippen LogP contribution in [0.5, 0.6) is 0 Å². The van der Waals surface area contributed by atoms with Gasteiger partial charge in [-0.25, -0.2) is 9.97 Å². The van der Waals surface area contributed by atoms with Gasteiger partial charge in [0.15, 0.2) is 0 Å². The summed E-state index contributed by atoms with van der Waals surface area (Å²) in [6.45, 7) is 6.90. The van der Waals surface area contributed by atoms with Gasteiger partial charge in [0.05, 0.1) is 12.6 Å². The minimum atomic E-state index is 0.247. The molecule has 0 spiro atoms. The van der Waals surface area contributed by atoms with Crippen molar-refractivity contribution >= 4 is 5.95 Å². The third kappa shape index (κ3) is 3.83. The number of hydrogen-bond acceptors (Lipinski definition) is 4. The summed E-state index contributed by atoms with van der Waals surface area (Å²) in [7, 11) is 1.70. The largest absolute Gasteiger partial charge is 0.383 e. The van der Waals surface area contributed by atoms with Crippen molar-refractivity contribution in [1.82, 2.24) is 9.97 Å². The summed E-state index contributed by atoms with van der Waals surface area (Å²) in [6.07, 6.45) is 1.76. The monoisotopic (exact) mass is 209 g/mol. The van der Waals surface area contributed by atoms with Crippen LogP contribution in [0.2, 0.25) is 0 Å². The van der Waals surface area contributed by atoms with E-state index in [4.69, 9.17) is 4.74 Å². The van der Waals surface area contributed by atoms with Crippen LogP contribution in [-0.4, -0.2) is 29.7 Å². The van der Waals surface area contributed by atoms with Crippen LogP contribution in [0.25, 0.3) is 0 Å². The van der Waals surface area contributed by atoms with E-state index in [0.29, 0.717) is 18.5 Å². The van der Waals surface area contributed by atoms with E-state index >= 15 is 0 Å². The fourth-order valence-electron chi connectivity index (χ4n) is 1.26. The molecule has 0 aliphatic heterocycles. The topological polar surface area (TPSA) is 47.0 Å². The van der Waals surface area contributed by atoms with Crippen LogP contribution in [0.4, 0.5) is 5.95 Å². The maximum absolute atomic E-state index is 5.15. The summed E-state index contributed by atoms with van der Waals surface area (Å²) >= 11 is 0. The molecule has 84 valence electrons. The van der Waals surface area contributed by atoms with E-state index in [2.05, 4.69) is 29.1 Å². The summed E-state index contributed by atoms with van der Waals surface area (Å²) in [5.74, 6) is 1.15. The lowest BCUT2D eigenvalue weighted by atomic mass is 10.1. The third-order valence-electron chi connectivity index (χ3n) is 2.26. The molecule has 1 N–H and O–H groups in total. The van der Waals surface area contributed by atoms with Crippen molar-refractivity contribution in [3.8, 4) is 0 Å². The zero-order chi connectivity index (χ0) is 11.3.